The molecule has 2 aromatic heterocycles. The molecule has 0 atom stereocenters. The molecular weight excluding hydrogens is 538 g/mol. The maximum atomic E-state index is 13.6. The maximum absolute atomic E-state index is 13.6. The first-order valence-corrected chi connectivity index (χ1v) is 13.4. The Balaban J connectivity index is 1.89. The Hall–Kier alpha value is -4.33. The summed E-state index contributed by atoms with van der Waals surface area (Å²) in [4.78, 5) is 16.6. The van der Waals surface area contributed by atoms with Crippen molar-refractivity contribution in [2.24, 2.45) is 0 Å². The zero-order chi connectivity index (χ0) is 30.5. The average molecular weight is 570 g/mol. The minimum atomic E-state index is -4.33. The van der Waals surface area contributed by atoms with E-state index in [-0.39, 0.29) is 34.7 Å². The highest BCUT2D eigenvalue weighted by Gasteiger charge is 2.27. The topological polar surface area (TPSA) is 166 Å². The Morgan fingerprint density at radius 3 is 2.25 bits per heavy atom. The molecule has 12 nitrogen and oxygen atoms in total. The van der Waals surface area contributed by atoms with Gasteiger partial charge in [0.1, 0.15) is 6.56 Å². The minimum absolute atomic E-state index is 0.0215. The van der Waals surface area contributed by atoms with Gasteiger partial charge in [-0.15, -0.1) is 0 Å². The van der Waals surface area contributed by atoms with Crippen LogP contribution in [0.5, 0.6) is 23.1 Å². The zero-order valence-electron chi connectivity index (χ0n) is 23.9. The van der Waals surface area contributed by atoms with Crippen LogP contribution >= 0.6 is 0 Å². The first kappa shape index (κ1) is 25.9. The van der Waals surface area contributed by atoms with Crippen LogP contribution in [0, 0.1) is 0 Å². The van der Waals surface area contributed by atoms with Crippen molar-refractivity contribution in [2.45, 2.75) is 24.2 Å². The highest BCUT2D eigenvalue weighted by molar-refractivity contribution is 7.92. The lowest BCUT2D eigenvalue weighted by molar-refractivity contribution is 0.192. The molecular formula is C27H29N5O7S. The summed E-state index contributed by atoms with van der Waals surface area (Å²) in [5.74, 6) is -1.26. The third kappa shape index (κ3) is 6.45. The molecule has 0 radical (unpaired) electrons. The monoisotopic (exact) mass is 569 g/mol. The first-order valence-electron chi connectivity index (χ1n) is 12.9. The van der Waals surface area contributed by atoms with Gasteiger partial charge in [0.05, 0.1) is 28.0 Å². The van der Waals surface area contributed by atoms with Crippen LogP contribution in [0.25, 0.3) is 11.6 Å². The van der Waals surface area contributed by atoms with Gasteiger partial charge in [-0.2, -0.15) is 4.98 Å². The van der Waals surface area contributed by atoms with Crippen molar-refractivity contribution in [3.63, 3.8) is 0 Å². The first-order chi connectivity index (χ1) is 19.9. The van der Waals surface area contributed by atoms with E-state index in [1.165, 1.54) is 37.7 Å². The normalized spacial score (nSPS) is 12.7. The van der Waals surface area contributed by atoms with Crippen molar-refractivity contribution in [1.29, 1.82) is 0 Å². The number of aliphatic hydroxyl groups excluding tert-OH is 2. The number of anilines is 1. The van der Waals surface area contributed by atoms with Crippen molar-refractivity contribution in [3.8, 4) is 34.8 Å². The largest absolute Gasteiger partial charge is 0.493 e. The molecule has 0 aliphatic carbocycles. The molecule has 13 heteroatoms. The third-order valence-electron chi connectivity index (χ3n) is 5.69. The van der Waals surface area contributed by atoms with Gasteiger partial charge >= 0.3 is 0 Å². The molecule has 0 amide bonds. The van der Waals surface area contributed by atoms with Gasteiger partial charge in [-0.05, 0) is 35.9 Å². The lowest BCUT2D eigenvalue weighted by Gasteiger charge is -2.22. The molecule has 4 rings (SSSR count). The van der Waals surface area contributed by atoms with Crippen LogP contribution in [-0.2, 0) is 15.4 Å². The highest BCUT2D eigenvalue weighted by Crippen LogP contribution is 2.41. The fraction of sp³-hybridized carbons (Fsp3) is 0.259. The molecule has 2 heterocycles. The molecule has 0 unspecified atom stereocenters. The predicted molar refractivity (Wildman–Crippen MR) is 146 cm³/mol. The van der Waals surface area contributed by atoms with Crippen LogP contribution in [0.4, 0.5) is 5.82 Å². The Morgan fingerprint density at radius 1 is 0.950 bits per heavy atom. The van der Waals surface area contributed by atoms with Gasteiger partial charge in [0, 0.05) is 17.8 Å². The number of rotatable bonds is 12. The fourth-order valence-corrected chi connectivity index (χ4v) is 4.46. The third-order valence-corrected chi connectivity index (χ3v) is 7.04. The fourth-order valence-electron chi connectivity index (χ4n) is 3.45. The summed E-state index contributed by atoms with van der Waals surface area (Å²) in [5.41, 5.74) is 0.123. The number of hydrogen-bond donors (Lipinski definition) is 3. The summed E-state index contributed by atoms with van der Waals surface area (Å²) in [6, 6.07) is 13.9. The van der Waals surface area contributed by atoms with Gasteiger partial charge in [0.2, 0.25) is 11.6 Å². The smallest absolute Gasteiger partial charge is 0.263 e. The van der Waals surface area contributed by atoms with Gasteiger partial charge in [0.15, 0.2) is 23.1 Å². The number of ether oxygens (including phenoxy) is 3. The van der Waals surface area contributed by atoms with E-state index in [0.29, 0.717) is 0 Å². The van der Waals surface area contributed by atoms with Crippen LogP contribution in [0.3, 0.4) is 0 Å². The number of hydrogen-bond acceptors (Lipinski definition) is 11. The van der Waals surface area contributed by atoms with E-state index in [4.69, 9.17) is 17.0 Å². The van der Waals surface area contributed by atoms with Crippen LogP contribution in [0.1, 0.15) is 22.2 Å². The Morgan fingerprint density at radius 2 is 1.62 bits per heavy atom. The van der Waals surface area contributed by atoms with E-state index in [1.807, 2.05) is 13.8 Å². The van der Waals surface area contributed by atoms with E-state index in [0.717, 1.165) is 5.56 Å². The lowest BCUT2D eigenvalue weighted by Crippen LogP contribution is -2.22. The number of nitrogens with zero attached hydrogens (tertiary/aromatic N) is 4. The van der Waals surface area contributed by atoms with Crippen LogP contribution in [0.15, 0.2) is 71.9 Å². The van der Waals surface area contributed by atoms with E-state index >= 15 is 0 Å². The van der Waals surface area contributed by atoms with Crippen molar-refractivity contribution in [2.75, 3.05) is 31.6 Å². The van der Waals surface area contributed by atoms with Gasteiger partial charge in [0.25, 0.3) is 15.9 Å². The van der Waals surface area contributed by atoms with Crippen molar-refractivity contribution >= 4 is 15.8 Å². The van der Waals surface area contributed by atoms with E-state index < -0.39 is 46.1 Å². The van der Waals surface area contributed by atoms with E-state index in [2.05, 4.69) is 24.7 Å². The number of aromatic nitrogens is 4. The molecule has 40 heavy (non-hydrogen) atoms. The summed E-state index contributed by atoms with van der Waals surface area (Å²) in [5, 5.41) is 19.2. The van der Waals surface area contributed by atoms with Crippen molar-refractivity contribution in [3.05, 3.63) is 72.6 Å². The minimum Gasteiger partial charge on any atom is -0.493 e. The SMILES string of the molecule is [2H]C([2H])(CO)Oc1nc(-c2ncccn2)nc(NS(=O)(=O)c2ccc(C(C)(C)CO)cc2)c1Oc1ccccc1OC. The Kier molecular flexibility index (Phi) is 7.93. The molecule has 0 aliphatic heterocycles. The van der Waals surface area contributed by atoms with Gasteiger partial charge in [-0.1, -0.05) is 38.1 Å². The summed E-state index contributed by atoms with van der Waals surface area (Å²) in [6.45, 7) is -0.211. The Bertz CT molecular complexity index is 1640. The molecule has 0 bridgehead atoms. The molecule has 0 fully saturated rings. The number of para-hydroxylation sites is 2. The number of sulfonamides is 1. The highest BCUT2D eigenvalue weighted by atomic mass is 32.2. The second-order valence-electron chi connectivity index (χ2n) is 8.93. The van der Waals surface area contributed by atoms with Gasteiger partial charge < -0.3 is 24.4 Å². The molecule has 0 spiro atoms. The quantitative estimate of drug-likeness (QED) is 0.229. The molecule has 2 aromatic carbocycles. The van der Waals surface area contributed by atoms with E-state index in [9.17, 15) is 18.6 Å². The summed E-state index contributed by atoms with van der Waals surface area (Å²) < 4.78 is 62.2. The number of aliphatic hydroxyl groups is 2. The van der Waals surface area contributed by atoms with Gasteiger partial charge in [-0.25, -0.2) is 23.4 Å². The summed E-state index contributed by atoms with van der Waals surface area (Å²) in [6.07, 6.45) is 2.83. The Labute approximate surface area is 234 Å². The number of nitrogens with one attached hydrogen (secondary N) is 1. The second-order valence-corrected chi connectivity index (χ2v) is 10.6. The standard InChI is InChI=1S/C27H29N5O7S/c1-27(2,17-34)18-9-11-19(12-10-18)40(35,36)32-23-22(39-21-8-5-4-7-20(21)37-3)26(38-16-15-33)31-25(30-23)24-28-13-6-14-29-24/h4-14,33-34H,15-17H2,1-3H3,(H,30,31,32)/i16D2. The summed E-state index contributed by atoms with van der Waals surface area (Å²) >= 11 is 0. The maximum Gasteiger partial charge on any atom is 0.263 e. The van der Waals surface area contributed by atoms with E-state index in [1.54, 1.807) is 36.4 Å². The van der Waals surface area contributed by atoms with Gasteiger partial charge in [-0.3, -0.25) is 4.72 Å². The van der Waals surface area contributed by atoms with Crippen LogP contribution < -0.4 is 18.9 Å². The summed E-state index contributed by atoms with van der Waals surface area (Å²) in [7, 11) is -2.93. The molecule has 0 saturated heterocycles. The average Bonchev–Trinajstić information content (AvgIpc) is 2.99. The molecule has 0 saturated carbocycles. The number of methoxy groups -OCH3 is 1. The van der Waals surface area contributed by atoms with Crippen LogP contribution in [-0.4, -0.2) is 65.4 Å². The number of benzene rings is 2. The molecule has 3 N–H and O–H groups in total. The second kappa shape index (κ2) is 12.2. The van der Waals surface area contributed by atoms with Crippen molar-refractivity contribution in [1.82, 2.24) is 19.9 Å². The molecule has 4 aromatic rings. The lowest BCUT2D eigenvalue weighted by atomic mass is 9.86. The zero-order valence-corrected chi connectivity index (χ0v) is 22.7. The molecule has 210 valence electrons. The molecule has 0 aliphatic rings. The van der Waals surface area contributed by atoms with Crippen LogP contribution in [0.2, 0.25) is 0 Å². The van der Waals surface area contributed by atoms with Crippen molar-refractivity contribution < 1.29 is 35.6 Å². The predicted octanol–water partition coefficient (Wildman–Crippen LogP) is 3.18.